The van der Waals surface area contributed by atoms with Gasteiger partial charge >= 0.3 is 5.63 Å². The minimum Gasteiger partial charge on any atom is -0.423 e. The van der Waals surface area contributed by atoms with Gasteiger partial charge in [0.05, 0.1) is 15.5 Å². The zero-order valence-electron chi connectivity index (χ0n) is 15.8. The van der Waals surface area contributed by atoms with Crippen molar-refractivity contribution < 1.29 is 17.6 Å². The first kappa shape index (κ1) is 21.0. The van der Waals surface area contributed by atoms with Crippen LogP contribution in [0.2, 0.25) is 5.02 Å². The van der Waals surface area contributed by atoms with E-state index in [4.69, 9.17) is 16.0 Å². The van der Waals surface area contributed by atoms with Crippen molar-refractivity contribution in [2.75, 3.05) is 18.4 Å². The predicted octanol–water partition coefficient (Wildman–Crippen LogP) is 3.73. The highest BCUT2D eigenvalue weighted by atomic mass is 35.5. The van der Waals surface area contributed by atoms with E-state index >= 15 is 0 Å². The number of halogens is 1. The van der Waals surface area contributed by atoms with Crippen molar-refractivity contribution in [3.63, 3.8) is 0 Å². The second-order valence-corrected chi connectivity index (χ2v) is 8.54. The molecule has 0 fully saturated rings. The highest BCUT2D eigenvalue weighted by molar-refractivity contribution is 7.89. The van der Waals surface area contributed by atoms with Gasteiger partial charge in [-0.3, -0.25) is 4.79 Å². The molecule has 152 valence electrons. The number of rotatable bonds is 6. The Morgan fingerprint density at radius 1 is 1.07 bits per heavy atom. The average Bonchev–Trinajstić information content (AvgIpc) is 2.69. The van der Waals surface area contributed by atoms with Crippen LogP contribution >= 0.6 is 11.6 Å². The molecule has 0 aliphatic carbocycles. The Balaban J connectivity index is 1.93. The Morgan fingerprint density at radius 2 is 1.79 bits per heavy atom. The van der Waals surface area contributed by atoms with Crippen molar-refractivity contribution in [2.24, 2.45) is 0 Å². The molecule has 3 rings (SSSR count). The number of fused-ring (bicyclic) bond motifs is 1. The summed E-state index contributed by atoms with van der Waals surface area (Å²) in [6.45, 7) is 4.12. The third-order valence-corrected chi connectivity index (χ3v) is 6.78. The average molecular weight is 435 g/mol. The summed E-state index contributed by atoms with van der Waals surface area (Å²) in [5, 5.41) is 3.45. The summed E-state index contributed by atoms with van der Waals surface area (Å²) in [5.74, 6) is -0.552. The molecular weight excluding hydrogens is 416 g/mol. The van der Waals surface area contributed by atoms with Crippen molar-refractivity contribution >= 4 is 44.2 Å². The molecule has 1 heterocycles. The van der Waals surface area contributed by atoms with Crippen LogP contribution in [0.25, 0.3) is 11.0 Å². The lowest BCUT2D eigenvalue weighted by atomic mass is 10.2. The Bertz CT molecular complexity index is 1230. The Kier molecular flexibility index (Phi) is 6.07. The molecule has 2 aromatic carbocycles. The number of hydrogen-bond acceptors (Lipinski definition) is 5. The van der Waals surface area contributed by atoms with Gasteiger partial charge in [-0.1, -0.05) is 25.4 Å². The maximum atomic E-state index is 12.7. The third kappa shape index (κ3) is 4.34. The highest BCUT2D eigenvalue weighted by Crippen LogP contribution is 2.25. The molecule has 0 unspecified atom stereocenters. The molecule has 0 aliphatic rings. The van der Waals surface area contributed by atoms with Gasteiger partial charge in [-0.05, 0) is 42.5 Å². The van der Waals surface area contributed by atoms with Crippen LogP contribution in [-0.2, 0) is 10.0 Å². The number of amides is 1. The summed E-state index contributed by atoms with van der Waals surface area (Å²) in [5.41, 5.74) is 0.414. The Hall–Kier alpha value is -2.68. The summed E-state index contributed by atoms with van der Waals surface area (Å²) >= 11 is 6.15. The van der Waals surface area contributed by atoms with Crippen LogP contribution in [0.1, 0.15) is 24.2 Å². The molecule has 1 N–H and O–H groups in total. The van der Waals surface area contributed by atoms with Gasteiger partial charge in [0.1, 0.15) is 5.58 Å². The van der Waals surface area contributed by atoms with Crippen LogP contribution in [0, 0.1) is 0 Å². The summed E-state index contributed by atoms with van der Waals surface area (Å²) in [6.07, 6.45) is 0. The Labute approximate surface area is 172 Å². The zero-order chi connectivity index (χ0) is 21.2. The topological polar surface area (TPSA) is 96.7 Å². The summed E-state index contributed by atoms with van der Waals surface area (Å²) < 4.78 is 31.8. The molecule has 0 saturated carbocycles. The van der Waals surface area contributed by atoms with Crippen molar-refractivity contribution in [1.82, 2.24) is 4.31 Å². The van der Waals surface area contributed by atoms with E-state index < -0.39 is 21.6 Å². The maximum Gasteiger partial charge on any atom is 0.336 e. The fourth-order valence-electron chi connectivity index (χ4n) is 2.90. The lowest BCUT2D eigenvalue weighted by Gasteiger charge is -2.19. The van der Waals surface area contributed by atoms with Crippen LogP contribution in [0.3, 0.4) is 0 Å². The van der Waals surface area contributed by atoms with Crippen LogP contribution in [-0.4, -0.2) is 31.7 Å². The SMILES string of the molecule is CCN(CC)S(=O)(=O)c1ccc(Cl)c(C(=O)Nc2ccc3oc(=O)ccc3c2)c1. The molecule has 9 heteroatoms. The number of benzene rings is 2. The van der Waals surface area contributed by atoms with E-state index in [1.54, 1.807) is 38.1 Å². The number of anilines is 1. The van der Waals surface area contributed by atoms with E-state index in [0.29, 0.717) is 29.7 Å². The van der Waals surface area contributed by atoms with Crippen molar-refractivity contribution in [1.29, 1.82) is 0 Å². The number of nitrogens with one attached hydrogen (secondary N) is 1. The first-order chi connectivity index (χ1) is 13.8. The zero-order valence-corrected chi connectivity index (χ0v) is 17.4. The Morgan fingerprint density at radius 3 is 2.48 bits per heavy atom. The molecule has 1 amide bonds. The van der Waals surface area contributed by atoms with Crippen LogP contribution in [0.4, 0.5) is 5.69 Å². The summed E-state index contributed by atoms with van der Waals surface area (Å²) in [7, 11) is -3.73. The van der Waals surface area contributed by atoms with E-state index in [1.807, 2.05) is 0 Å². The molecule has 0 saturated heterocycles. The molecule has 0 radical (unpaired) electrons. The lowest BCUT2D eigenvalue weighted by molar-refractivity contribution is 0.102. The third-order valence-electron chi connectivity index (χ3n) is 4.40. The quantitative estimate of drug-likeness (QED) is 0.596. The number of carbonyl (C=O) groups excluding carboxylic acids is 1. The smallest absolute Gasteiger partial charge is 0.336 e. The summed E-state index contributed by atoms with van der Waals surface area (Å²) in [6, 6.07) is 11.7. The van der Waals surface area contributed by atoms with E-state index in [9.17, 15) is 18.0 Å². The van der Waals surface area contributed by atoms with Gasteiger partial charge in [0.25, 0.3) is 5.91 Å². The second kappa shape index (κ2) is 8.36. The number of sulfonamides is 1. The van der Waals surface area contributed by atoms with Crippen molar-refractivity contribution in [3.05, 3.63) is 69.5 Å². The van der Waals surface area contributed by atoms with E-state index in [0.717, 1.165) is 0 Å². The van der Waals surface area contributed by atoms with E-state index in [-0.39, 0.29) is 15.5 Å². The summed E-state index contributed by atoms with van der Waals surface area (Å²) in [4.78, 5) is 24.0. The van der Waals surface area contributed by atoms with Gasteiger partial charge in [-0.2, -0.15) is 4.31 Å². The monoisotopic (exact) mass is 434 g/mol. The molecule has 29 heavy (non-hydrogen) atoms. The number of nitrogens with zero attached hydrogens (tertiary/aromatic N) is 1. The van der Waals surface area contributed by atoms with Crippen LogP contribution in [0.15, 0.2) is 62.6 Å². The molecule has 0 atom stereocenters. The second-order valence-electron chi connectivity index (χ2n) is 6.19. The van der Waals surface area contributed by atoms with Crippen molar-refractivity contribution in [3.8, 4) is 0 Å². The molecule has 0 spiro atoms. The minimum absolute atomic E-state index is 0.00367. The van der Waals surface area contributed by atoms with Crippen LogP contribution in [0.5, 0.6) is 0 Å². The number of hydrogen-bond donors (Lipinski definition) is 1. The molecule has 0 bridgehead atoms. The fraction of sp³-hybridized carbons (Fsp3) is 0.200. The largest absolute Gasteiger partial charge is 0.423 e. The first-order valence-corrected chi connectivity index (χ1v) is 10.7. The number of carbonyl (C=O) groups is 1. The predicted molar refractivity (Wildman–Crippen MR) is 112 cm³/mol. The van der Waals surface area contributed by atoms with Gasteiger partial charge < -0.3 is 9.73 Å². The van der Waals surface area contributed by atoms with Gasteiger partial charge in [0.15, 0.2) is 0 Å². The van der Waals surface area contributed by atoms with Gasteiger partial charge in [0.2, 0.25) is 10.0 Å². The van der Waals surface area contributed by atoms with Crippen molar-refractivity contribution in [2.45, 2.75) is 18.7 Å². The highest BCUT2D eigenvalue weighted by Gasteiger charge is 2.24. The van der Waals surface area contributed by atoms with Gasteiger partial charge in [-0.15, -0.1) is 0 Å². The van der Waals surface area contributed by atoms with Gasteiger partial charge in [-0.25, -0.2) is 13.2 Å². The molecule has 3 aromatic rings. The lowest BCUT2D eigenvalue weighted by Crippen LogP contribution is -2.30. The molecule has 1 aromatic heterocycles. The van der Waals surface area contributed by atoms with Crippen LogP contribution < -0.4 is 10.9 Å². The minimum atomic E-state index is -3.73. The van der Waals surface area contributed by atoms with Gasteiger partial charge in [0, 0.05) is 30.2 Å². The maximum absolute atomic E-state index is 12.7. The normalized spacial score (nSPS) is 11.7. The molecule has 0 aliphatic heterocycles. The first-order valence-electron chi connectivity index (χ1n) is 8.91. The molecule has 7 nitrogen and oxygen atoms in total. The molecular formula is C20H19ClN2O5S. The van der Waals surface area contributed by atoms with E-state index in [2.05, 4.69) is 5.32 Å². The fourth-order valence-corrected chi connectivity index (χ4v) is 4.59. The standard InChI is InChI=1S/C20H19ClN2O5S/c1-3-23(4-2)29(26,27)15-7-8-17(21)16(12-15)20(25)22-14-6-9-18-13(11-14)5-10-19(24)28-18/h5-12H,3-4H2,1-2H3,(H,22,25). The van der Waals surface area contributed by atoms with E-state index in [1.165, 1.54) is 28.6 Å².